The van der Waals surface area contributed by atoms with E-state index in [0.717, 1.165) is 17.5 Å². The lowest BCUT2D eigenvalue weighted by atomic mass is 10.1. The predicted molar refractivity (Wildman–Crippen MR) is 107 cm³/mol. The van der Waals surface area contributed by atoms with Crippen molar-refractivity contribution < 1.29 is 14.3 Å². The summed E-state index contributed by atoms with van der Waals surface area (Å²) in [6.45, 7) is 5.73. The highest BCUT2D eigenvalue weighted by molar-refractivity contribution is 5.98. The Bertz CT molecular complexity index is 760. The summed E-state index contributed by atoms with van der Waals surface area (Å²) < 4.78 is 5.24. The number of benzene rings is 2. The van der Waals surface area contributed by atoms with Crippen LogP contribution in [0, 0.1) is 6.92 Å². The number of nitrogens with one attached hydrogen (secondary N) is 2. The summed E-state index contributed by atoms with van der Waals surface area (Å²) in [6, 6.07) is 13.5. The first-order chi connectivity index (χ1) is 13.0. The van der Waals surface area contributed by atoms with Crippen molar-refractivity contribution in [2.45, 2.75) is 26.3 Å². The van der Waals surface area contributed by atoms with Gasteiger partial charge in [-0.15, -0.1) is 0 Å². The molecule has 0 aromatic heterocycles. The van der Waals surface area contributed by atoms with E-state index in [0.29, 0.717) is 31.0 Å². The lowest BCUT2D eigenvalue weighted by molar-refractivity contribution is -0.117. The van der Waals surface area contributed by atoms with E-state index >= 15 is 0 Å². The van der Waals surface area contributed by atoms with E-state index in [1.807, 2.05) is 38.1 Å². The van der Waals surface area contributed by atoms with Crippen LogP contribution in [0.15, 0.2) is 48.5 Å². The number of nitrogens with two attached hydrogens (primary N) is 1. The maximum Gasteiger partial charge on any atom is 0.251 e. The van der Waals surface area contributed by atoms with Gasteiger partial charge >= 0.3 is 0 Å². The van der Waals surface area contributed by atoms with Gasteiger partial charge in [0.15, 0.2) is 0 Å². The SMILES string of the molecule is CCOCCCNC(=O)c1cccc(NC(=O)C(N)c2ccc(C)cc2)c1. The molecule has 4 N–H and O–H groups in total. The number of amides is 2. The summed E-state index contributed by atoms with van der Waals surface area (Å²) in [6.07, 6.45) is 0.751. The first-order valence-corrected chi connectivity index (χ1v) is 9.10. The summed E-state index contributed by atoms with van der Waals surface area (Å²) in [5.74, 6) is -0.515. The van der Waals surface area contributed by atoms with Crippen LogP contribution in [0.3, 0.4) is 0 Å². The quantitative estimate of drug-likeness (QED) is 0.593. The van der Waals surface area contributed by atoms with Crippen molar-refractivity contribution in [3.05, 3.63) is 65.2 Å². The van der Waals surface area contributed by atoms with Crippen LogP contribution < -0.4 is 16.4 Å². The highest BCUT2D eigenvalue weighted by Gasteiger charge is 2.16. The van der Waals surface area contributed by atoms with Crippen LogP contribution in [-0.2, 0) is 9.53 Å². The van der Waals surface area contributed by atoms with Gasteiger partial charge in [0.05, 0.1) is 0 Å². The second-order valence-corrected chi connectivity index (χ2v) is 6.26. The van der Waals surface area contributed by atoms with Gasteiger partial charge in [0.25, 0.3) is 5.91 Å². The molecule has 0 bridgehead atoms. The second kappa shape index (κ2) is 10.4. The monoisotopic (exact) mass is 369 g/mol. The first-order valence-electron chi connectivity index (χ1n) is 9.10. The van der Waals surface area contributed by atoms with Gasteiger partial charge in [-0.2, -0.15) is 0 Å². The normalized spacial score (nSPS) is 11.7. The molecule has 6 heteroatoms. The van der Waals surface area contributed by atoms with Gasteiger partial charge in [0.2, 0.25) is 5.91 Å². The largest absolute Gasteiger partial charge is 0.382 e. The van der Waals surface area contributed by atoms with Crippen LogP contribution in [0.2, 0.25) is 0 Å². The summed E-state index contributed by atoms with van der Waals surface area (Å²) in [7, 11) is 0. The molecule has 0 fully saturated rings. The number of carbonyl (C=O) groups is 2. The molecule has 0 spiro atoms. The Balaban J connectivity index is 1.93. The van der Waals surface area contributed by atoms with Gasteiger partial charge in [-0.05, 0) is 44.0 Å². The topological polar surface area (TPSA) is 93.5 Å². The number of ether oxygens (including phenoxy) is 1. The Morgan fingerprint density at radius 2 is 1.89 bits per heavy atom. The van der Waals surface area contributed by atoms with Gasteiger partial charge in [0.1, 0.15) is 6.04 Å². The standard InChI is InChI=1S/C21H27N3O3/c1-3-27-13-5-12-23-20(25)17-6-4-7-18(14-17)24-21(26)19(22)16-10-8-15(2)9-11-16/h4,6-11,14,19H,3,5,12-13,22H2,1-2H3,(H,23,25)(H,24,26). The van der Waals surface area contributed by atoms with E-state index in [1.54, 1.807) is 24.3 Å². The third kappa shape index (κ3) is 6.51. The lowest BCUT2D eigenvalue weighted by Crippen LogP contribution is -2.28. The zero-order valence-electron chi connectivity index (χ0n) is 15.8. The molecule has 2 aromatic carbocycles. The van der Waals surface area contributed by atoms with Crippen molar-refractivity contribution in [3.8, 4) is 0 Å². The molecular formula is C21H27N3O3. The molecule has 2 amide bonds. The predicted octanol–water partition coefficient (Wildman–Crippen LogP) is 2.79. The van der Waals surface area contributed by atoms with Gasteiger partial charge in [-0.3, -0.25) is 9.59 Å². The van der Waals surface area contributed by atoms with Crippen molar-refractivity contribution in [1.82, 2.24) is 5.32 Å². The molecule has 144 valence electrons. The van der Waals surface area contributed by atoms with Crippen molar-refractivity contribution in [2.75, 3.05) is 25.1 Å². The Morgan fingerprint density at radius 3 is 2.59 bits per heavy atom. The summed E-state index contributed by atoms with van der Waals surface area (Å²) in [4.78, 5) is 24.6. The molecule has 0 saturated heterocycles. The van der Waals surface area contributed by atoms with Gasteiger partial charge in [0, 0.05) is 31.0 Å². The zero-order valence-corrected chi connectivity index (χ0v) is 15.8. The fourth-order valence-electron chi connectivity index (χ4n) is 2.51. The zero-order chi connectivity index (χ0) is 19.6. The van der Waals surface area contributed by atoms with Crippen LogP contribution in [0.1, 0.15) is 40.9 Å². The summed E-state index contributed by atoms with van der Waals surface area (Å²) in [5.41, 5.74) is 8.89. The van der Waals surface area contributed by atoms with Crippen molar-refractivity contribution in [3.63, 3.8) is 0 Å². The number of hydrogen-bond acceptors (Lipinski definition) is 4. The maximum absolute atomic E-state index is 12.4. The third-order valence-electron chi connectivity index (χ3n) is 4.07. The van der Waals surface area contributed by atoms with E-state index in [2.05, 4.69) is 10.6 Å². The van der Waals surface area contributed by atoms with Crippen LogP contribution in [0.4, 0.5) is 5.69 Å². The maximum atomic E-state index is 12.4. The molecule has 0 aliphatic carbocycles. The summed E-state index contributed by atoms with van der Waals surface area (Å²) in [5, 5.41) is 5.61. The minimum Gasteiger partial charge on any atom is -0.382 e. The van der Waals surface area contributed by atoms with E-state index in [-0.39, 0.29) is 11.8 Å². The van der Waals surface area contributed by atoms with Crippen LogP contribution >= 0.6 is 0 Å². The molecule has 0 saturated carbocycles. The van der Waals surface area contributed by atoms with Crippen LogP contribution in [0.25, 0.3) is 0 Å². The number of carbonyl (C=O) groups excluding carboxylic acids is 2. The highest BCUT2D eigenvalue weighted by atomic mass is 16.5. The number of aryl methyl sites for hydroxylation is 1. The molecule has 0 aliphatic rings. The first kappa shape index (κ1) is 20.6. The van der Waals surface area contributed by atoms with E-state index in [4.69, 9.17) is 10.5 Å². The van der Waals surface area contributed by atoms with E-state index in [9.17, 15) is 9.59 Å². The van der Waals surface area contributed by atoms with Gasteiger partial charge < -0.3 is 21.1 Å². The molecular weight excluding hydrogens is 342 g/mol. The van der Waals surface area contributed by atoms with Crippen molar-refractivity contribution >= 4 is 17.5 Å². The van der Waals surface area contributed by atoms with Gasteiger partial charge in [-0.1, -0.05) is 35.9 Å². The second-order valence-electron chi connectivity index (χ2n) is 6.26. The summed E-state index contributed by atoms with van der Waals surface area (Å²) >= 11 is 0. The minimum atomic E-state index is -0.776. The molecule has 6 nitrogen and oxygen atoms in total. The Hall–Kier alpha value is -2.70. The van der Waals surface area contributed by atoms with Crippen LogP contribution in [0.5, 0.6) is 0 Å². The van der Waals surface area contributed by atoms with Gasteiger partial charge in [-0.25, -0.2) is 0 Å². The minimum absolute atomic E-state index is 0.189. The van der Waals surface area contributed by atoms with Crippen molar-refractivity contribution in [1.29, 1.82) is 0 Å². The average molecular weight is 369 g/mol. The Labute approximate surface area is 160 Å². The van der Waals surface area contributed by atoms with Crippen LogP contribution in [-0.4, -0.2) is 31.6 Å². The fraction of sp³-hybridized carbons (Fsp3) is 0.333. The molecule has 0 radical (unpaired) electrons. The molecule has 0 aliphatic heterocycles. The van der Waals surface area contributed by atoms with E-state index < -0.39 is 6.04 Å². The lowest BCUT2D eigenvalue weighted by Gasteiger charge is -2.13. The molecule has 1 unspecified atom stereocenters. The van der Waals surface area contributed by atoms with E-state index in [1.165, 1.54) is 0 Å². The highest BCUT2D eigenvalue weighted by Crippen LogP contribution is 2.16. The third-order valence-corrected chi connectivity index (χ3v) is 4.07. The molecule has 2 rings (SSSR count). The van der Waals surface area contributed by atoms with Crippen molar-refractivity contribution in [2.24, 2.45) is 5.73 Å². The molecule has 1 atom stereocenters. The number of rotatable bonds is 9. The number of hydrogen-bond donors (Lipinski definition) is 3. The molecule has 0 heterocycles. The molecule has 2 aromatic rings. The fourth-order valence-corrected chi connectivity index (χ4v) is 2.51. The average Bonchev–Trinajstić information content (AvgIpc) is 2.68. The smallest absolute Gasteiger partial charge is 0.251 e. The Morgan fingerprint density at radius 1 is 1.15 bits per heavy atom. The number of anilines is 1. The Kier molecular flexibility index (Phi) is 7.98. The molecule has 27 heavy (non-hydrogen) atoms.